The van der Waals surface area contributed by atoms with Crippen molar-refractivity contribution >= 4 is 5.91 Å². The first-order valence-electron chi connectivity index (χ1n) is 8.89. The molecule has 1 amide bonds. The summed E-state index contributed by atoms with van der Waals surface area (Å²) in [5, 5.41) is 3.27. The lowest BCUT2D eigenvalue weighted by Gasteiger charge is -2.17. The molecule has 1 aliphatic rings. The number of carbonyl (C=O) groups excluding carboxylic acids is 1. The fourth-order valence-electron chi connectivity index (χ4n) is 3.03. The van der Waals surface area contributed by atoms with Crippen molar-refractivity contribution in [3.05, 3.63) is 59.9 Å². The fourth-order valence-corrected chi connectivity index (χ4v) is 3.03. The van der Waals surface area contributed by atoms with Crippen LogP contribution in [0.1, 0.15) is 22.7 Å². The minimum absolute atomic E-state index is 0.00232. The molecule has 0 saturated carbocycles. The number of carbonyl (C=O) groups is 1. The molecule has 7 nitrogen and oxygen atoms in total. The molecule has 156 valence electrons. The van der Waals surface area contributed by atoms with Crippen molar-refractivity contribution in [1.82, 2.24) is 20.0 Å². The van der Waals surface area contributed by atoms with Crippen molar-refractivity contribution in [2.45, 2.75) is 18.7 Å². The summed E-state index contributed by atoms with van der Waals surface area (Å²) in [6.45, 7) is 0.682. The van der Waals surface area contributed by atoms with E-state index in [1.54, 1.807) is 6.07 Å². The first-order chi connectivity index (χ1) is 14.3. The highest BCUT2D eigenvalue weighted by Gasteiger charge is 2.38. The molecule has 4 rings (SSSR count). The lowest BCUT2D eigenvalue weighted by atomic mass is 10.2. The Balaban J connectivity index is 1.38. The first-order valence-corrected chi connectivity index (χ1v) is 8.89. The second kappa shape index (κ2) is 7.73. The van der Waals surface area contributed by atoms with Gasteiger partial charge in [-0.3, -0.25) is 4.79 Å². The van der Waals surface area contributed by atoms with Gasteiger partial charge in [0, 0.05) is 13.0 Å². The van der Waals surface area contributed by atoms with Crippen LogP contribution in [0.25, 0.3) is 11.5 Å². The molecule has 1 fully saturated rings. The van der Waals surface area contributed by atoms with Crippen LogP contribution in [0.3, 0.4) is 0 Å². The third kappa shape index (κ3) is 4.09. The van der Waals surface area contributed by atoms with Crippen LogP contribution in [0.15, 0.2) is 47.1 Å². The summed E-state index contributed by atoms with van der Waals surface area (Å²) in [5.41, 5.74) is 0.0897. The van der Waals surface area contributed by atoms with Crippen molar-refractivity contribution in [1.29, 1.82) is 0 Å². The normalized spacial score (nSPS) is 16.7. The molecule has 0 spiro atoms. The van der Waals surface area contributed by atoms with Gasteiger partial charge in [0.05, 0.1) is 18.3 Å². The highest BCUT2D eigenvalue weighted by atomic mass is 19.4. The quantitative estimate of drug-likeness (QED) is 0.598. The van der Waals surface area contributed by atoms with Crippen molar-refractivity contribution in [2.75, 3.05) is 13.1 Å². The number of nitrogens with zero attached hydrogens (tertiary/aromatic N) is 4. The summed E-state index contributed by atoms with van der Waals surface area (Å²) in [4.78, 5) is 21.2. The lowest BCUT2D eigenvalue weighted by Crippen LogP contribution is -2.31. The SMILES string of the molecule is O=C(c1ccccc1F)N1CC[C@@H](Oc2ccc(-c3noc(C(F)(F)F)n3)nc2)C1. The van der Waals surface area contributed by atoms with Gasteiger partial charge in [0.25, 0.3) is 5.91 Å². The number of halogens is 4. The topological polar surface area (TPSA) is 81.4 Å². The smallest absolute Gasteiger partial charge is 0.471 e. The van der Waals surface area contributed by atoms with Crippen LogP contribution >= 0.6 is 0 Å². The summed E-state index contributed by atoms with van der Waals surface area (Å²) in [7, 11) is 0. The van der Waals surface area contributed by atoms with Crippen LogP contribution in [-0.4, -0.2) is 45.1 Å². The highest BCUT2D eigenvalue weighted by molar-refractivity contribution is 5.94. The molecule has 1 saturated heterocycles. The van der Waals surface area contributed by atoms with E-state index in [0.717, 1.165) is 0 Å². The number of hydrogen-bond donors (Lipinski definition) is 0. The number of rotatable bonds is 4. The minimum Gasteiger partial charge on any atom is -0.487 e. The molecule has 0 bridgehead atoms. The number of amides is 1. The first kappa shape index (κ1) is 19.8. The number of benzene rings is 1. The Labute approximate surface area is 167 Å². The Bertz CT molecular complexity index is 1050. The zero-order chi connectivity index (χ0) is 21.3. The van der Waals surface area contributed by atoms with E-state index in [-0.39, 0.29) is 29.7 Å². The number of alkyl halides is 3. The van der Waals surface area contributed by atoms with Crippen molar-refractivity contribution < 1.29 is 31.6 Å². The third-order valence-corrected chi connectivity index (χ3v) is 4.47. The van der Waals surface area contributed by atoms with E-state index in [4.69, 9.17) is 4.74 Å². The highest BCUT2D eigenvalue weighted by Crippen LogP contribution is 2.29. The molecule has 1 atom stereocenters. The average molecular weight is 422 g/mol. The Morgan fingerprint density at radius 2 is 2.00 bits per heavy atom. The van der Waals surface area contributed by atoms with E-state index in [9.17, 15) is 22.4 Å². The van der Waals surface area contributed by atoms with Gasteiger partial charge in [0.2, 0.25) is 5.82 Å². The molecule has 11 heteroatoms. The van der Waals surface area contributed by atoms with E-state index in [0.29, 0.717) is 18.7 Å². The predicted molar refractivity (Wildman–Crippen MR) is 93.9 cm³/mol. The van der Waals surface area contributed by atoms with Crippen LogP contribution in [0.2, 0.25) is 0 Å². The third-order valence-electron chi connectivity index (χ3n) is 4.47. The molecule has 0 radical (unpaired) electrons. The van der Waals surface area contributed by atoms with E-state index in [1.807, 2.05) is 0 Å². The molecule has 30 heavy (non-hydrogen) atoms. The minimum atomic E-state index is -4.73. The van der Waals surface area contributed by atoms with Gasteiger partial charge in [0.15, 0.2) is 0 Å². The van der Waals surface area contributed by atoms with Gasteiger partial charge in [-0.05, 0) is 24.3 Å². The zero-order valence-corrected chi connectivity index (χ0v) is 15.3. The fraction of sp³-hybridized carbons (Fsp3) is 0.263. The molecule has 1 aromatic carbocycles. The average Bonchev–Trinajstić information content (AvgIpc) is 3.38. The Morgan fingerprint density at radius 1 is 1.20 bits per heavy atom. The number of ether oxygens (including phenoxy) is 1. The van der Waals surface area contributed by atoms with Crippen LogP contribution in [-0.2, 0) is 6.18 Å². The summed E-state index contributed by atoms with van der Waals surface area (Å²) < 4.78 is 61.4. The van der Waals surface area contributed by atoms with Gasteiger partial charge < -0.3 is 14.2 Å². The molecule has 0 aliphatic carbocycles. The molecule has 1 aliphatic heterocycles. The monoisotopic (exact) mass is 422 g/mol. The van der Waals surface area contributed by atoms with E-state index < -0.39 is 23.8 Å². The number of aromatic nitrogens is 3. The van der Waals surface area contributed by atoms with E-state index >= 15 is 0 Å². The number of hydrogen-bond acceptors (Lipinski definition) is 6. The standard InChI is InChI=1S/C19H14F4N4O3/c20-14-4-2-1-3-13(14)17(28)27-8-7-12(10-27)29-11-5-6-15(24-9-11)16-25-18(30-26-16)19(21,22)23/h1-6,9,12H,7-8,10H2/t12-/m1/s1. The Morgan fingerprint density at radius 3 is 2.67 bits per heavy atom. The van der Waals surface area contributed by atoms with Gasteiger partial charge in [-0.25, -0.2) is 9.37 Å². The number of pyridine rings is 1. The summed E-state index contributed by atoms with van der Waals surface area (Å²) in [5.74, 6) is -2.38. The second-order valence-electron chi connectivity index (χ2n) is 6.56. The lowest BCUT2D eigenvalue weighted by molar-refractivity contribution is -0.159. The van der Waals surface area contributed by atoms with Gasteiger partial charge in [-0.15, -0.1) is 0 Å². The molecule has 2 aromatic heterocycles. The zero-order valence-electron chi connectivity index (χ0n) is 15.3. The van der Waals surface area contributed by atoms with Gasteiger partial charge >= 0.3 is 12.1 Å². The van der Waals surface area contributed by atoms with Crippen LogP contribution in [0, 0.1) is 5.82 Å². The molecule has 0 N–H and O–H groups in total. The van der Waals surface area contributed by atoms with Gasteiger partial charge in [-0.2, -0.15) is 18.2 Å². The second-order valence-corrected chi connectivity index (χ2v) is 6.56. The van der Waals surface area contributed by atoms with E-state index in [2.05, 4.69) is 19.6 Å². The summed E-state index contributed by atoms with van der Waals surface area (Å²) >= 11 is 0. The van der Waals surface area contributed by atoms with Crippen molar-refractivity contribution in [3.63, 3.8) is 0 Å². The predicted octanol–water partition coefficient (Wildman–Crippen LogP) is 3.58. The maximum absolute atomic E-state index is 13.8. The molecular formula is C19H14F4N4O3. The molecule has 3 aromatic rings. The van der Waals surface area contributed by atoms with Gasteiger partial charge in [-0.1, -0.05) is 17.3 Å². The molecular weight excluding hydrogens is 408 g/mol. The van der Waals surface area contributed by atoms with Crippen LogP contribution in [0.5, 0.6) is 5.75 Å². The van der Waals surface area contributed by atoms with Crippen molar-refractivity contribution in [3.8, 4) is 17.3 Å². The summed E-state index contributed by atoms with van der Waals surface area (Å²) in [6.07, 6.45) is -3.19. The summed E-state index contributed by atoms with van der Waals surface area (Å²) in [6, 6.07) is 8.67. The van der Waals surface area contributed by atoms with E-state index in [1.165, 1.54) is 41.4 Å². The van der Waals surface area contributed by atoms with Crippen molar-refractivity contribution in [2.24, 2.45) is 0 Å². The molecule has 0 unspecified atom stereocenters. The molecule has 3 heterocycles. The Hall–Kier alpha value is -3.50. The maximum Gasteiger partial charge on any atom is 0.471 e. The van der Waals surface area contributed by atoms with Crippen LogP contribution < -0.4 is 4.74 Å². The maximum atomic E-state index is 13.8. The largest absolute Gasteiger partial charge is 0.487 e. The van der Waals surface area contributed by atoms with Gasteiger partial charge in [0.1, 0.15) is 23.4 Å². The Kier molecular flexibility index (Phi) is 5.10. The number of likely N-dealkylation sites (tertiary alicyclic amines) is 1. The van der Waals surface area contributed by atoms with Crippen LogP contribution in [0.4, 0.5) is 17.6 Å².